The van der Waals surface area contributed by atoms with Crippen LogP contribution in [0.4, 0.5) is 16.5 Å². The molecule has 0 fully saturated rings. The van der Waals surface area contributed by atoms with Crippen LogP contribution < -0.4 is 5.32 Å². The van der Waals surface area contributed by atoms with Crippen LogP contribution in [0, 0.1) is 20.2 Å². The first-order chi connectivity index (χ1) is 13.8. The van der Waals surface area contributed by atoms with Gasteiger partial charge in [0.2, 0.25) is 0 Å². The Morgan fingerprint density at radius 3 is 2.10 bits per heavy atom. The molecular weight excluding hydrogens is 400 g/mol. The van der Waals surface area contributed by atoms with Crippen molar-refractivity contribution in [3.05, 3.63) is 79.2 Å². The van der Waals surface area contributed by atoms with Crippen molar-refractivity contribution in [2.24, 2.45) is 0 Å². The molecule has 1 N–H and O–H groups in total. The van der Waals surface area contributed by atoms with Crippen LogP contribution in [0.25, 0.3) is 11.3 Å². The SMILES string of the molecule is CC(=O)c1sc(NC(=O)c2cc([N+](=O)[O-])cc([N+](=O)[O-])c2)nc1-c1ccccc1. The van der Waals surface area contributed by atoms with Crippen LogP contribution >= 0.6 is 11.3 Å². The average molecular weight is 412 g/mol. The fraction of sp³-hybridized carbons (Fsp3) is 0.0556. The zero-order chi connectivity index (χ0) is 21.1. The number of Topliss-reactive ketones (excluding diaryl/α,β-unsaturated/α-hetero) is 1. The number of carbonyl (C=O) groups excluding carboxylic acids is 2. The van der Waals surface area contributed by atoms with Crippen LogP contribution in [-0.2, 0) is 0 Å². The van der Waals surface area contributed by atoms with Gasteiger partial charge in [-0.1, -0.05) is 41.7 Å². The van der Waals surface area contributed by atoms with E-state index in [2.05, 4.69) is 10.3 Å². The average Bonchev–Trinajstić information content (AvgIpc) is 3.12. The van der Waals surface area contributed by atoms with E-state index >= 15 is 0 Å². The molecule has 0 bridgehead atoms. The van der Waals surface area contributed by atoms with Crippen molar-refractivity contribution in [2.75, 3.05) is 5.32 Å². The van der Waals surface area contributed by atoms with E-state index in [4.69, 9.17) is 0 Å². The van der Waals surface area contributed by atoms with Gasteiger partial charge in [0.05, 0.1) is 32.0 Å². The number of benzene rings is 2. The fourth-order valence-electron chi connectivity index (χ4n) is 2.51. The molecule has 1 aromatic heterocycles. The number of aromatic nitrogens is 1. The van der Waals surface area contributed by atoms with Gasteiger partial charge in [0.15, 0.2) is 10.9 Å². The summed E-state index contributed by atoms with van der Waals surface area (Å²) in [5, 5.41) is 24.5. The van der Waals surface area contributed by atoms with Crippen LogP contribution in [-0.4, -0.2) is 26.5 Å². The molecule has 29 heavy (non-hydrogen) atoms. The van der Waals surface area contributed by atoms with E-state index in [0.29, 0.717) is 16.1 Å². The number of rotatable bonds is 6. The molecule has 2 aromatic carbocycles. The van der Waals surface area contributed by atoms with Gasteiger partial charge >= 0.3 is 0 Å². The molecule has 3 aromatic rings. The van der Waals surface area contributed by atoms with Crippen molar-refractivity contribution in [3.8, 4) is 11.3 Å². The third-order valence-corrected chi connectivity index (χ3v) is 4.87. The molecule has 0 aliphatic rings. The minimum atomic E-state index is -0.825. The number of ketones is 1. The van der Waals surface area contributed by atoms with Crippen LogP contribution in [0.5, 0.6) is 0 Å². The summed E-state index contributed by atoms with van der Waals surface area (Å²) >= 11 is 0.946. The lowest BCUT2D eigenvalue weighted by Crippen LogP contribution is -2.12. The van der Waals surface area contributed by atoms with Gasteiger partial charge in [0, 0.05) is 24.6 Å². The summed E-state index contributed by atoms with van der Waals surface area (Å²) in [6, 6.07) is 11.5. The Morgan fingerprint density at radius 2 is 1.59 bits per heavy atom. The fourth-order valence-corrected chi connectivity index (χ4v) is 3.39. The van der Waals surface area contributed by atoms with E-state index < -0.39 is 27.1 Å². The van der Waals surface area contributed by atoms with Crippen LogP contribution in [0.2, 0.25) is 0 Å². The second kappa shape index (κ2) is 7.94. The number of thiazole rings is 1. The predicted octanol–water partition coefficient (Wildman–Crippen LogP) is 4.08. The van der Waals surface area contributed by atoms with Crippen molar-refractivity contribution in [1.29, 1.82) is 0 Å². The number of hydrogen-bond acceptors (Lipinski definition) is 8. The molecule has 0 spiro atoms. The molecule has 0 radical (unpaired) electrons. The van der Waals surface area contributed by atoms with E-state index in [1.54, 1.807) is 30.3 Å². The lowest BCUT2D eigenvalue weighted by atomic mass is 10.1. The van der Waals surface area contributed by atoms with Crippen LogP contribution in [0.3, 0.4) is 0 Å². The molecule has 0 saturated carbocycles. The van der Waals surface area contributed by atoms with Gasteiger partial charge in [-0.2, -0.15) is 0 Å². The molecule has 10 nitrogen and oxygen atoms in total. The Balaban J connectivity index is 1.97. The highest BCUT2D eigenvalue weighted by Gasteiger charge is 2.22. The van der Waals surface area contributed by atoms with Gasteiger partial charge in [0.1, 0.15) is 0 Å². The normalized spacial score (nSPS) is 10.4. The van der Waals surface area contributed by atoms with E-state index in [0.717, 1.165) is 29.5 Å². The molecule has 1 amide bonds. The number of amides is 1. The van der Waals surface area contributed by atoms with Gasteiger partial charge in [-0.15, -0.1) is 0 Å². The maximum atomic E-state index is 12.5. The standard InChI is InChI=1S/C18H12N4O6S/c1-10(23)16-15(11-5-3-2-4-6-11)19-18(29-16)20-17(24)12-7-13(21(25)26)9-14(8-12)22(27)28/h2-9H,1H3,(H,19,20,24). The molecule has 146 valence electrons. The summed E-state index contributed by atoms with van der Waals surface area (Å²) in [4.78, 5) is 49.4. The summed E-state index contributed by atoms with van der Waals surface area (Å²) < 4.78 is 0. The number of anilines is 1. The molecule has 0 atom stereocenters. The zero-order valence-corrected chi connectivity index (χ0v) is 15.6. The second-order valence-electron chi connectivity index (χ2n) is 5.83. The molecule has 11 heteroatoms. The smallest absolute Gasteiger partial charge is 0.277 e. The number of carbonyl (C=O) groups is 2. The number of non-ortho nitro benzene ring substituents is 2. The highest BCUT2D eigenvalue weighted by molar-refractivity contribution is 7.18. The largest absolute Gasteiger partial charge is 0.298 e. The summed E-state index contributed by atoms with van der Waals surface area (Å²) in [5.74, 6) is -1.06. The molecule has 0 aliphatic carbocycles. The van der Waals surface area contributed by atoms with Gasteiger partial charge in [0.25, 0.3) is 17.3 Å². The highest BCUT2D eigenvalue weighted by atomic mass is 32.1. The van der Waals surface area contributed by atoms with Crippen molar-refractivity contribution >= 4 is 39.5 Å². The highest BCUT2D eigenvalue weighted by Crippen LogP contribution is 2.32. The van der Waals surface area contributed by atoms with Crippen molar-refractivity contribution in [1.82, 2.24) is 4.98 Å². The summed E-state index contributed by atoms with van der Waals surface area (Å²) in [6.45, 7) is 1.37. The quantitative estimate of drug-likeness (QED) is 0.364. The first-order valence-electron chi connectivity index (χ1n) is 8.08. The molecule has 0 unspecified atom stereocenters. The van der Waals surface area contributed by atoms with Crippen molar-refractivity contribution in [3.63, 3.8) is 0 Å². The third kappa shape index (κ3) is 4.30. The van der Waals surface area contributed by atoms with Gasteiger partial charge < -0.3 is 0 Å². The van der Waals surface area contributed by atoms with Crippen LogP contribution in [0.1, 0.15) is 27.0 Å². The van der Waals surface area contributed by atoms with Gasteiger partial charge in [-0.25, -0.2) is 4.98 Å². The molecule has 0 saturated heterocycles. The maximum absolute atomic E-state index is 12.5. The topological polar surface area (TPSA) is 145 Å². The Labute approximate surface area is 167 Å². The second-order valence-corrected chi connectivity index (χ2v) is 6.82. The van der Waals surface area contributed by atoms with Crippen LogP contribution in [0.15, 0.2) is 48.5 Å². The summed E-state index contributed by atoms with van der Waals surface area (Å²) in [7, 11) is 0. The van der Waals surface area contributed by atoms with E-state index in [1.165, 1.54) is 6.92 Å². The monoisotopic (exact) mass is 412 g/mol. The van der Waals surface area contributed by atoms with Crippen molar-refractivity contribution in [2.45, 2.75) is 6.92 Å². The maximum Gasteiger partial charge on any atom is 0.277 e. The number of nitrogens with zero attached hydrogens (tertiary/aromatic N) is 3. The van der Waals surface area contributed by atoms with Gasteiger partial charge in [-0.3, -0.25) is 35.1 Å². The first-order valence-corrected chi connectivity index (χ1v) is 8.90. The van der Waals surface area contributed by atoms with E-state index in [9.17, 15) is 29.8 Å². The Bertz CT molecular complexity index is 1110. The molecule has 0 aliphatic heterocycles. The number of nitrogens with one attached hydrogen (secondary N) is 1. The first kappa shape index (κ1) is 19.8. The Morgan fingerprint density at radius 1 is 1.00 bits per heavy atom. The van der Waals surface area contributed by atoms with E-state index in [1.807, 2.05) is 0 Å². The number of nitro benzene ring substituents is 2. The minimum Gasteiger partial charge on any atom is -0.298 e. The van der Waals surface area contributed by atoms with Gasteiger partial charge in [-0.05, 0) is 0 Å². The van der Waals surface area contributed by atoms with Crippen molar-refractivity contribution < 1.29 is 19.4 Å². The summed E-state index contributed by atoms with van der Waals surface area (Å²) in [5.41, 5.74) is -0.369. The number of nitro groups is 2. The lowest BCUT2D eigenvalue weighted by Gasteiger charge is -2.02. The zero-order valence-electron chi connectivity index (χ0n) is 14.8. The molecule has 1 heterocycles. The third-order valence-electron chi connectivity index (χ3n) is 3.80. The molecule has 3 rings (SSSR count). The van der Waals surface area contributed by atoms with E-state index in [-0.39, 0.29) is 16.5 Å². The summed E-state index contributed by atoms with van der Waals surface area (Å²) in [6.07, 6.45) is 0. The number of hydrogen-bond donors (Lipinski definition) is 1. The lowest BCUT2D eigenvalue weighted by molar-refractivity contribution is -0.394. The Hall–Kier alpha value is -3.99. The molecular formula is C18H12N4O6S. The Kier molecular flexibility index (Phi) is 5.41. The minimum absolute atomic E-state index is 0.0909. The predicted molar refractivity (Wildman–Crippen MR) is 105 cm³/mol.